The Morgan fingerprint density at radius 1 is 0.172 bits per heavy atom. The molecule has 0 amide bonds. The predicted molar refractivity (Wildman–Crippen MR) is 225 cm³/mol. The lowest BCUT2D eigenvalue weighted by atomic mass is 10.3. The number of quaternary nitrogens is 20. The predicted octanol–water partition coefficient (Wildman–Crippen LogP) is -28.4. The van der Waals surface area contributed by atoms with Crippen LogP contribution >= 0.6 is 0 Å². The van der Waals surface area contributed by atoms with Gasteiger partial charge in [0.25, 0.3) is 0 Å². The molecule has 0 rings (SSSR count). The van der Waals surface area contributed by atoms with E-state index in [4.69, 9.17) is 0 Å². The molecule has 5 atom stereocenters. The van der Waals surface area contributed by atoms with E-state index in [1.807, 2.05) is 4.90 Å². The molecule has 0 aliphatic carbocycles. The second kappa shape index (κ2) is 44.3. The Kier molecular flexibility index (Phi) is 43.7. The van der Waals surface area contributed by atoms with E-state index in [1.54, 1.807) is 29.4 Å². The van der Waals surface area contributed by atoms with E-state index in [9.17, 15) is 0 Å². The van der Waals surface area contributed by atoms with Crippen LogP contribution in [0.2, 0.25) is 0 Å². The van der Waals surface area contributed by atoms with Crippen molar-refractivity contribution in [3.8, 4) is 0 Å². The molecule has 0 bridgehead atoms. The number of hydrogen-bond acceptors (Lipinski definition) is 0. The summed E-state index contributed by atoms with van der Waals surface area (Å²) in [5.41, 5.74) is 37.4. The number of hydrogen-bond donors (Lipinski definition) is 20. The van der Waals surface area contributed by atoms with E-state index in [2.05, 4.69) is 72.9 Å². The van der Waals surface area contributed by atoms with E-state index in [0.717, 1.165) is 98.2 Å². The summed E-state index contributed by atoms with van der Waals surface area (Å²) >= 11 is 0. The molecule has 58 heavy (non-hydrogen) atoms. The molecule has 0 saturated heterocycles. The summed E-state index contributed by atoms with van der Waals surface area (Å²) in [5.74, 6) is 0. The molecular formula is C38H118N20+20. The normalized spacial score (nSPS) is 15.2. The van der Waals surface area contributed by atoms with Crippen molar-refractivity contribution in [3.63, 3.8) is 0 Å². The Morgan fingerprint density at radius 2 is 0.328 bits per heavy atom. The maximum atomic E-state index is 4.28. The minimum absolute atomic E-state index is 1.00. The second-order valence-electron chi connectivity index (χ2n) is 17.1. The Balaban J connectivity index is 6.13. The van der Waals surface area contributed by atoms with E-state index in [1.165, 1.54) is 151 Å². The molecule has 0 aliphatic heterocycles. The summed E-state index contributed by atoms with van der Waals surface area (Å²) in [6.07, 6.45) is 0. The molecule has 0 fully saturated rings. The van der Waals surface area contributed by atoms with Crippen molar-refractivity contribution >= 4 is 0 Å². The molecule has 0 heterocycles. The minimum Gasteiger partial charge on any atom is -0.353 e. The first-order valence-electron chi connectivity index (χ1n) is 24.7. The topological polar surface area (TPSA) is 346 Å². The van der Waals surface area contributed by atoms with Crippen LogP contribution in [0.5, 0.6) is 0 Å². The molecule has 0 saturated carbocycles. The highest BCUT2D eigenvalue weighted by atomic mass is 15.3. The van der Waals surface area contributed by atoms with E-state index in [0.29, 0.717) is 0 Å². The molecule has 20 nitrogen and oxygen atoms in total. The molecule has 0 radical (unpaired) electrons. The summed E-state index contributed by atoms with van der Waals surface area (Å²) in [7, 11) is 0. The highest BCUT2D eigenvalue weighted by Gasteiger charge is 2.24. The zero-order valence-electron chi connectivity index (χ0n) is 39.0. The molecular weight excluding hydrogens is 737 g/mol. The fourth-order valence-electron chi connectivity index (χ4n) is 8.38. The third-order valence-corrected chi connectivity index (χ3v) is 12.1. The fourth-order valence-corrected chi connectivity index (χ4v) is 8.38. The van der Waals surface area contributed by atoms with Gasteiger partial charge < -0.3 is 107 Å². The molecule has 0 spiro atoms. The van der Waals surface area contributed by atoms with Crippen molar-refractivity contribution in [1.82, 2.24) is 0 Å². The number of nitrogens with two attached hydrogens (primary N) is 4. The maximum Gasteiger partial charge on any atom is 0.127 e. The zero-order chi connectivity index (χ0) is 42.7. The van der Waals surface area contributed by atoms with E-state index >= 15 is 0 Å². The van der Waals surface area contributed by atoms with Crippen LogP contribution < -0.4 is 107 Å². The van der Waals surface area contributed by atoms with Crippen LogP contribution in [0, 0.1) is 0 Å². The van der Waals surface area contributed by atoms with Gasteiger partial charge in [-0.15, -0.1) is 0 Å². The average Bonchev–Trinajstić information content (AvgIpc) is 3.22. The van der Waals surface area contributed by atoms with Crippen LogP contribution in [0.15, 0.2) is 0 Å². The van der Waals surface area contributed by atoms with Gasteiger partial charge in [0.1, 0.15) is 249 Å². The SMILES string of the molecule is [NH3+]CC[NH2+]CC[NH+](CC[NH3+])CC[NH+](CC[NH+](CC[NH3+])CC[NH2+]CC[NH3+])CC[NH+](CC[NH+](CC[NH3+])CC[NH2+]CC[NH3+])CC[NH+](CC[NH2+]CC[NH3+])CC[NH+](CC[NH3+])CC[NH3+]. The Labute approximate surface area is 355 Å². The highest BCUT2D eigenvalue weighted by molar-refractivity contribution is 4.41. The van der Waals surface area contributed by atoms with Crippen molar-refractivity contribution in [2.24, 2.45) is 0 Å². The summed E-state index contributed by atoms with van der Waals surface area (Å²) in [4.78, 5) is 12.3. The van der Waals surface area contributed by atoms with Crippen LogP contribution in [0.3, 0.4) is 0 Å². The van der Waals surface area contributed by atoms with Gasteiger partial charge in [-0.05, 0) is 0 Å². The highest BCUT2D eigenvalue weighted by Crippen LogP contribution is 1.60. The standard InChI is InChI=1S/C38H98N20/c39-1-10-48-14-23-53(20-7-45)28-33-57(34-29-54(21-8-46)24-15-49-11-2-40)37-38-58(35-30-55(22-9-47)25-16-50-12-3-41)36-32-56(26-17-51-13-4-42)31-27-52(18-5-43)19-6-44/h48-51H,1-47H2/p+20. The Bertz CT molecular complexity index is 775. The van der Waals surface area contributed by atoms with Gasteiger partial charge in [-0.2, -0.15) is 0 Å². The van der Waals surface area contributed by atoms with Crippen LogP contribution in [-0.4, -0.2) is 249 Å². The molecule has 42 N–H and O–H groups in total. The summed E-state index contributed by atoms with van der Waals surface area (Å²) in [6.45, 7) is 44.1. The number of nitrogens with one attached hydrogen (secondary N) is 7. The second-order valence-corrected chi connectivity index (χ2v) is 17.1. The third-order valence-electron chi connectivity index (χ3n) is 12.1. The summed E-state index contributed by atoms with van der Waals surface area (Å²) in [5, 5.41) is 9.86. The fraction of sp³-hybridized carbons (Fsp3) is 1.00. The van der Waals surface area contributed by atoms with Gasteiger partial charge in [0.2, 0.25) is 0 Å². The Morgan fingerprint density at radius 3 is 0.500 bits per heavy atom. The number of rotatable bonds is 48. The molecule has 20 heteroatoms. The monoisotopic (exact) mass is 855 g/mol. The van der Waals surface area contributed by atoms with Gasteiger partial charge in [-0.1, -0.05) is 0 Å². The smallest absolute Gasteiger partial charge is 0.127 e. The molecule has 0 aromatic carbocycles. The third kappa shape index (κ3) is 34.9. The molecule has 0 aromatic heterocycles. The van der Waals surface area contributed by atoms with Gasteiger partial charge in [0.05, 0.1) is 0 Å². The van der Waals surface area contributed by atoms with Crippen LogP contribution in [0.25, 0.3) is 0 Å². The maximum absolute atomic E-state index is 4.28. The minimum atomic E-state index is 1.00. The van der Waals surface area contributed by atoms with Crippen LogP contribution in [0.4, 0.5) is 0 Å². The van der Waals surface area contributed by atoms with Crippen molar-refractivity contribution < 1.29 is 107 Å². The zero-order valence-corrected chi connectivity index (χ0v) is 39.0. The quantitative estimate of drug-likeness (QED) is 0.0254. The summed E-state index contributed by atoms with van der Waals surface area (Å²) in [6, 6.07) is 0. The van der Waals surface area contributed by atoms with E-state index < -0.39 is 0 Å². The van der Waals surface area contributed by atoms with Crippen molar-refractivity contribution in [2.45, 2.75) is 0 Å². The first-order chi connectivity index (χ1) is 28.4. The van der Waals surface area contributed by atoms with Gasteiger partial charge in [-0.25, -0.2) is 0 Å². The lowest BCUT2D eigenvalue weighted by molar-refractivity contribution is -1.02. The lowest BCUT2D eigenvalue weighted by Crippen LogP contribution is -3.29. The average molecular weight is 856 g/mol. The Hall–Kier alpha value is -0.800. The van der Waals surface area contributed by atoms with Gasteiger partial charge in [0.15, 0.2) is 0 Å². The van der Waals surface area contributed by atoms with Crippen LogP contribution in [-0.2, 0) is 0 Å². The largest absolute Gasteiger partial charge is 0.353 e. The molecule has 0 aromatic rings. The van der Waals surface area contributed by atoms with Crippen molar-refractivity contribution in [1.29, 1.82) is 0 Å². The lowest BCUT2D eigenvalue weighted by Gasteiger charge is -2.28. The summed E-state index contributed by atoms with van der Waals surface area (Å²) < 4.78 is 0. The van der Waals surface area contributed by atoms with Gasteiger partial charge in [0, 0.05) is 0 Å². The molecule has 0 aliphatic rings. The molecule has 350 valence electrons. The van der Waals surface area contributed by atoms with E-state index in [-0.39, 0.29) is 0 Å². The van der Waals surface area contributed by atoms with Crippen LogP contribution in [0.1, 0.15) is 0 Å². The van der Waals surface area contributed by atoms with Crippen molar-refractivity contribution in [2.75, 3.05) is 249 Å². The molecule has 5 unspecified atom stereocenters. The first kappa shape index (κ1) is 57.2. The van der Waals surface area contributed by atoms with Gasteiger partial charge >= 0.3 is 0 Å². The van der Waals surface area contributed by atoms with Gasteiger partial charge in [-0.3, -0.25) is 0 Å². The van der Waals surface area contributed by atoms with Crippen molar-refractivity contribution in [3.05, 3.63) is 0 Å². The first-order valence-corrected chi connectivity index (χ1v) is 24.7.